The van der Waals surface area contributed by atoms with Gasteiger partial charge < -0.3 is 5.32 Å². The van der Waals surface area contributed by atoms with E-state index in [1.165, 1.54) is 5.56 Å². The van der Waals surface area contributed by atoms with E-state index >= 15 is 0 Å². The first-order valence-corrected chi connectivity index (χ1v) is 6.04. The van der Waals surface area contributed by atoms with Crippen molar-refractivity contribution in [3.8, 4) is 0 Å². The molecule has 0 aliphatic carbocycles. The highest BCUT2D eigenvalue weighted by Crippen LogP contribution is 2.17. The van der Waals surface area contributed by atoms with E-state index < -0.39 is 0 Å². The number of aryl methyl sites for hydroxylation is 1. The lowest BCUT2D eigenvalue weighted by Gasteiger charge is -2.09. The molecule has 0 bridgehead atoms. The standard InChI is InChI=1S/C12H17Cl2N/c1-3-11(13)8-15-7-10-5-4-9(2)6-12(10)14/h4-6,11,15H,3,7-8H2,1-2H3. The normalized spacial score (nSPS) is 12.8. The fourth-order valence-corrected chi connectivity index (χ4v) is 1.71. The summed E-state index contributed by atoms with van der Waals surface area (Å²) in [7, 11) is 0. The number of hydrogen-bond acceptors (Lipinski definition) is 1. The molecule has 1 atom stereocenters. The lowest BCUT2D eigenvalue weighted by Crippen LogP contribution is -2.22. The summed E-state index contributed by atoms with van der Waals surface area (Å²) in [6.45, 7) is 5.72. The van der Waals surface area contributed by atoms with Crippen molar-refractivity contribution in [2.75, 3.05) is 6.54 Å². The molecule has 15 heavy (non-hydrogen) atoms. The quantitative estimate of drug-likeness (QED) is 0.780. The summed E-state index contributed by atoms with van der Waals surface area (Å²) in [5.74, 6) is 0. The molecule has 0 spiro atoms. The van der Waals surface area contributed by atoms with Crippen molar-refractivity contribution in [3.63, 3.8) is 0 Å². The molecular weight excluding hydrogens is 229 g/mol. The molecule has 1 unspecified atom stereocenters. The number of halogens is 2. The van der Waals surface area contributed by atoms with Crippen LogP contribution in [0, 0.1) is 6.92 Å². The van der Waals surface area contributed by atoms with Gasteiger partial charge in [-0.05, 0) is 30.5 Å². The van der Waals surface area contributed by atoms with Gasteiger partial charge in [0.2, 0.25) is 0 Å². The smallest absolute Gasteiger partial charge is 0.0458 e. The molecule has 0 aliphatic rings. The topological polar surface area (TPSA) is 12.0 Å². The molecule has 1 nitrogen and oxygen atoms in total. The molecule has 84 valence electrons. The Balaban J connectivity index is 2.44. The van der Waals surface area contributed by atoms with Gasteiger partial charge in [0, 0.05) is 23.5 Å². The van der Waals surface area contributed by atoms with E-state index in [0.717, 1.165) is 30.1 Å². The van der Waals surface area contributed by atoms with Crippen LogP contribution >= 0.6 is 23.2 Å². The second-order valence-electron chi connectivity index (χ2n) is 3.73. The van der Waals surface area contributed by atoms with Crippen LogP contribution in [0.2, 0.25) is 5.02 Å². The van der Waals surface area contributed by atoms with E-state index in [4.69, 9.17) is 23.2 Å². The highest BCUT2D eigenvalue weighted by molar-refractivity contribution is 6.31. The van der Waals surface area contributed by atoms with E-state index in [1.807, 2.05) is 13.0 Å². The number of alkyl halides is 1. The molecule has 1 N–H and O–H groups in total. The molecular formula is C12H17Cl2N. The number of rotatable bonds is 5. The van der Waals surface area contributed by atoms with Gasteiger partial charge in [-0.25, -0.2) is 0 Å². The van der Waals surface area contributed by atoms with Crippen molar-refractivity contribution in [1.29, 1.82) is 0 Å². The van der Waals surface area contributed by atoms with Gasteiger partial charge in [-0.1, -0.05) is 30.7 Å². The van der Waals surface area contributed by atoms with Gasteiger partial charge in [0.15, 0.2) is 0 Å². The summed E-state index contributed by atoms with van der Waals surface area (Å²) >= 11 is 12.1. The van der Waals surface area contributed by atoms with Crippen LogP contribution < -0.4 is 5.32 Å². The monoisotopic (exact) mass is 245 g/mol. The summed E-state index contributed by atoms with van der Waals surface area (Å²) < 4.78 is 0. The van der Waals surface area contributed by atoms with Crippen LogP contribution in [0.3, 0.4) is 0 Å². The number of nitrogens with one attached hydrogen (secondary N) is 1. The number of benzene rings is 1. The van der Waals surface area contributed by atoms with E-state index in [1.54, 1.807) is 0 Å². The molecule has 1 aromatic carbocycles. The Bertz CT molecular complexity index is 312. The van der Waals surface area contributed by atoms with Gasteiger partial charge in [-0.2, -0.15) is 0 Å². The van der Waals surface area contributed by atoms with E-state index in [2.05, 4.69) is 24.4 Å². The lowest BCUT2D eigenvalue weighted by molar-refractivity contribution is 0.647. The van der Waals surface area contributed by atoms with Crippen LogP contribution in [0.4, 0.5) is 0 Å². The fourth-order valence-electron chi connectivity index (χ4n) is 1.30. The van der Waals surface area contributed by atoms with Crippen LogP contribution in [-0.4, -0.2) is 11.9 Å². The van der Waals surface area contributed by atoms with Gasteiger partial charge >= 0.3 is 0 Å². The average Bonchev–Trinajstić information content (AvgIpc) is 2.21. The maximum atomic E-state index is 6.11. The van der Waals surface area contributed by atoms with Gasteiger partial charge in [0.25, 0.3) is 0 Å². The van der Waals surface area contributed by atoms with Gasteiger partial charge in [0.05, 0.1) is 0 Å². The summed E-state index contributed by atoms with van der Waals surface area (Å²) in [5, 5.41) is 4.32. The van der Waals surface area contributed by atoms with Crippen molar-refractivity contribution in [3.05, 3.63) is 34.3 Å². The van der Waals surface area contributed by atoms with Crippen LogP contribution in [-0.2, 0) is 6.54 Å². The molecule has 0 heterocycles. The minimum Gasteiger partial charge on any atom is -0.311 e. The zero-order chi connectivity index (χ0) is 11.3. The minimum atomic E-state index is 0.203. The highest BCUT2D eigenvalue weighted by Gasteiger charge is 2.02. The van der Waals surface area contributed by atoms with E-state index in [9.17, 15) is 0 Å². The highest BCUT2D eigenvalue weighted by atomic mass is 35.5. The Morgan fingerprint density at radius 3 is 2.73 bits per heavy atom. The Kier molecular flexibility index (Phi) is 5.44. The predicted molar refractivity (Wildman–Crippen MR) is 67.8 cm³/mol. The van der Waals surface area contributed by atoms with E-state index in [-0.39, 0.29) is 5.38 Å². The Morgan fingerprint density at radius 1 is 1.40 bits per heavy atom. The second kappa shape index (κ2) is 6.37. The second-order valence-corrected chi connectivity index (χ2v) is 4.76. The maximum Gasteiger partial charge on any atom is 0.0458 e. The van der Waals surface area contributed by atoms with Crippen LogP contribution in [0.15, 0.2) is 18.2 Å². The number of hydrogen-bond donors (Lipinski definition) is 1. The van der Waals surface area contributed by atoms with Crippen molar-refractivity contribution >= 4 is 23.2 Å². The van der Waals surface area contributed by atoms with Gasteiger partial charge in [-0.15, -0.1) is 11.6 Å². The zero-order valence-corrected chi connectivity index (χ0v) is 10.7. The molecule has 3 heteroatoms. The fraction of sp³-hybridized carbons (Fsp3) is 0.500. The molecule has 0 radical (unpaired) electrons. The summed E-state index contributed by atoms with van der Waals surface area (Å²) in [6, 6.07) is 6.11. The molecule has 0 aromatic heterocycles. The summed E-state index contributed by atoms with van der Waals surface area (Å²) in [6.07, 6.45) is 0.982. The Morgan fingerprint density at radius 2 is 2.13 bits per heavy atom. The van der Waals surface area contributed by atoms with Crippen LogP contribution in [0.1, 0.15) is 24.5 Å². The Hall–Kier alpha value is -0.240. The molecule has 0 aliphatic heterocycles. The lowest BCUT2D eigenvalue weighted by atomic mass is 10.1. The van der Waals surface area contributed by atoms with Gasteiger partial charge in [-0.3, -0.25) is 0 Å². The van der Waals surface area contributed by atoms with Gasteiger partial charge in [0.1, 0.15) is 0 Å². The Labute approximate surface area is 102 Å². The molecule has 0 amide bonds. The largest absolute Gasteiger partial charge is 0.311 e. The van der Waals surface area contributed by atoms with Crippen LogP contribution in [0.5, 0.6) is 0 Å². The van der Waals surface area contributed by atoms with Crippen molar-refractivity contribution in [2.24, 2.45) is 0 Å². The third-order valence-electron chi connectivity index (χ3n) is 2.33. The molecule has 0 saturated carbocycles. The minimum absolute atomic E-state index is 0.203. The first-order valence-electron chi connectivity index (χ1n) is 5.23. The molecule has 1 aromatic rings. The first-order chi connectivity index (χ1) is 7.13. The third-order valence-corrected chi connectivity index (χ3v) is 3.15. The van der Waals surface area contributed by atoms with Crippen molar-refractivity contribution < 1.29 is 0 Å². The average molecular weight is 246 g/mol. The molecule has 0 saturated heterocycles. The predicted octanol–water partition coefficient (Wildman–Crippen LogP) is 3.76. The van der Waals surface area contributed by atoms with E-state index in [0.29, 0.717) is 0 Å². The zero-order valence-electron chi connectivity index (χ0n) is 9.19. The first kappa shape index (κ1) is 12.8. The van der Waals surface area contributed by atoms with Crippen molar-refractivity contribution in [2.45, 2.75) is 32.2 Å². The van der Waals surface area contributed by atoms with Crippen LogP contribution in [0.25, 0.3) is 0 Å². The summed E-state index contributed by atoms with van der Waals surface area (Å²) in [5.41, 5.74) is 2.31. The summed E-state index contributed by atoms with van der Waals surface area (Å²) in [4.78, 5) is 0. The maximum absolute atomic E-state index is 6.11. The molecule has 1 rings (SSSR count). The third kappa shape index (κ3) is 4.42. The SMILES string of the molecule is CCC(Cl)CNCc1ccc(C)cc1Cl. The van der Waals surface area contributed by atoms with Crippen molar-refractivity contribution in [1.82, 2.24) is 5.32 Å². The molecule has 0 fully saturated rings.